The molecule has 6 nitrogen and oxygen atoms in total. The number of ether oxygens (including phenoxy) is 1. The van der Waals surface area contributed by atoms with Crippen LogP contribution in [0, 0.1) is 0 Å². The maximum Gasteiger partial charge on any atom is 0.264 e. The van der Waals surface area contributed by atoms with Crippen LogP contribution in [0.1, 0.15) is 29.3 Å². The Bertz CT molecular complexity index is 1120. The van der Waals surface area contributed by atoms with Crippen LogP contribution in [0.2, 0.25) is 0 Å². The highest BCUT2D eigenvalue weighted by atomic mass is 32.2. The fraction of sp³-hybridized carbons (Fsp3) is 0.269. The average Bonchev–Trinajstić information content (AvgIpc) is 2.85. The Morgan fingerprint density at radius 3 is 2.30 bits per heavy atom. The smallest absolute Gasteiger partial charge is 0.264 e. The molecule has 3 rings (SSSR count). The van der Waals surface area contributed by atoms with E-state index in [2.05, 4.69) is 17.4 Å². The summed E-state index contributed by atoms with van der Waals surface area (Å²) in [7, 11) is -3.79. The molecule has 0 bridgehead atoms. The molecule has 1 N–H and O–H groups in total. The largest absolute Gasteiger partial charge is 0.381 e. The summed E-state index contributed by atoms with van der Waals surface area (Å²) in [5.74, 6) is -0.306. The van der Waals surface area contributed by atoms with E-state index < -0.39 is 10.0 Å². The number of anilines is 1. The van der Waals surface area contributed by atoms with Crippen LogP contribution < -0.4 is 9.62 Å². The number of nitrogens with one attached hydrogen (secondary N) is 1. The van der Waals surface area contributed by atoms with Gasteiger partial charge in [0, 0.05) is 25.3 Å². The molecule has 7 heteroatoms. The molecule has 0 saturated heterocycles. The average molecular weight is 467 g/mol. The minimum Gasteiger partial charge on any atom is -0.381 e. The Hall–Kier alpha value is -3.16. The van der Waals surface area contributed by atoms with Crippen LogP contribution in [0.25, 0.3) is 0 Å². The van der Waals surface area contributed by atoms with Gasteiger partial charge in [-0.25, -0.2) is 8.42 Å². The summed E-state index contributed by atoms with van der Waals surface area (Å²) in [6.07, 6.45) is 1.53. The van der Waals surface area contributed by atoms with E-state index in [-0.39, 0.29) is 17.3 Å². The van der Waals surface area contributed by atoms with Crippen LogP contribution in [0.5, 0.6) is 0 Å². The van der Waals surface area contributed by atoms with Crippen molar-refractivity contribution in [3.63, 3.8) is 0 Å². The molecule has 3 aromatic rings. The topological polar surface area (TPSA) is 75.7 Å². The van der Waals surface area contributed by atoms with Crippen molar-refractivity contribution in [1.82, 2.24) is 5.32 Å². The van der Waals surface area contributed by atoms with Gasteiger partial charge < -0.3 is 10.1 Å². The fourth-order valence-electron chi connectivity index (χ4n) is 3.43. The van der Waals surface area contributed by atoms with Gasteiger partial charge in [0.1, 0.15) is 0 Å². The van der Waals surface area contributed by atoms with Crippen LogP contribution in [0.15, 0.2) is 89.8 Å². The summed E-state index contributed by atoms with van der Waals surface area (Å²) in [5, 5.41) is 2.83. The lowest BCUT2D eigenvalue weighted by Crippen LogP contribution is -2.31. The third-order valence-electron chi connectivity index (χ3n) is 5.14. The Morgan fingerprint density at radius 2 is 1.61 bits per heavy atom. The minimum absolute atomic E-state index is 0.0881. The molecule has 0 aliphatic rings. The van der Waals surface area contributed by atoms with E-state index in [1.165, 1.54) is 22.0 Å². The number of hydrogen-bond donors (Lipinski definition) is 1. The summed E-state index contributed by atoms with van der Waals surface area (Å²) in [6.45, 7) is 3.69. The van der Waals surface area contributed by atoms with E-state index in [9.17, 15) is 13.2 Å². The molecule has 0 unspecified atom stereocenters. The van der Waals surface area contributed by atoms with Crippen LogP contribution >= 0.6 is 0 Å². The maximum atomic E-state index is 13.2. The quantitative estimate of drug-likeness (QED) is 0.404. The van der Waals surface area contributed by atoms with Crippen LogP contribution in [0.3, 0.4) is 0 Å². The van der Waals surface area contributed by atoms with Gasteiger partial charge in [-0.1, -0.05) is 54.6 Å². The molecule has 0 aliphatic heterocycles. The molecule has 33 heavy (non-hydrogen) atoms. The van der Waals surface area contributed by atoms with Gasteiger partial charge in [0.05, 0.1) is 17.2 Å². The first-order chi connectivity index (χ1) is 16.0. The number of sulfonamides is 1. The lowest BCUT2D eigenvalue weighted by Gasteiger charge is -2.23. The molecular weight excluding hydrogens is 436 g/mol. The van der Waals surface area contributed by atoms with E-state index in [1.807, 2.05) is 24.3 Å². The molecule has 0 aliphatic carbocycles. The molecule has 174 valence electrons. The zero-order chi connectivity index (χ0) is 23.5. The predicted octanol–water partition coefficient (Wildman–Crippen LogP) is 4.28. The number of para-hydroxylation sites is 1. The number of benzene rings is 3. The van der Waals surface area contributed by atoms with Gasteiger partial charge in [-0.15, -0.1) is 0 Å². The SMILES string of the molecule is CCN(c1ccccc1)S(=O)(=O)c1cccc(C(=O)NCCCOCCc2ccccc2)c1. The number of nitrogens with zero attached hydrogens (tertiary/aromatic N) is 1. The molecule has 0 aromatic heterocycles. The van der Waals surface area contributed by atoms with E-state index in [0.29, 0.717) is 37.4 Å². The van der Waals surface area contributed by atoms with Gasteiger partial charge in [-0.05, 0) is 55.7 Å². The predicted molar refractivity (Wildman–Crippen MR) is 131 cm³/mol. The van der Waals surface area contributed by atoms with Crippen molar-refractivity contribution in [2.75, 3.05) is 30.6 Å². The highest BCUT2D eigenvalue weighted by molar-refractivity contribution is 7.92. The molecule has 0 atom stereocenters. The zero-order valence-corrected chi connectivity index (χ0v) is 19.6. The first-order valence-corrected chi connectivity index (χ1v) is 12.5. The van der Waals surface area contributed by atoms with Gasteiger partial charge in [0.2, 0.25) is 0 Å². The molecular formula is C26H30N2O4S. The van der Waals surface area contributed by atoms with Gasteiger partial charge in [-0.3, -0.25) is 9.10 Å². The first-order valence-electron chi connectivity index (χ1n) is 11.1. The highest BCUT2D eigenvalue weighted by Gasteiger charge is 2.24. The summed E-state index contributed by atoms with van der Waals surface area (Å²) >= 11 is 0. The van der Waals surface area contributed by atoms with Gasteiger partial charge in [0.15, 0.2) is 0 Å². The molecule has 0 saturated carbocycles. The summed E-state index contributed by atoms with van der Waals surface area (Å²) in [6, 6.07) is 25.2. The minimum atomic E-state index is -3.79. The van der Waals surface area contributed by atoms with E-state index >= 15 is 0 Å². The van der Waals surface area contributed by atoms with Gasteiger partial charge >= 0.3 is 0 Å². The normalized spacial score (nSPS) is 11.2. The number of carbonyl (C=O) groups is 1. The van der Waals surface area contributed by atoms with E-state index in [1.54, 1.807) is 43.3 Å². The van der Waals surface area contributed by atoms with Crippen molar-refractivity contribution in [3.8, 4) is 0 Å². The van der Waals surface area contributed by atoms with Gasteiger partial charge in [0.25, 0.3) is 15.9 Å². The van der Waals surface area contributed by atoms with Crippen molar-refractivity contribution in [2.45, 2.75) is 24.7 Å². The number of carbonyl (C=O) groups excluding carboxylic acids is 1. The molecule has 0 heterocycles. The van der Waals surface area contributed by atoms with Crippen molar-refractivity contribution in [1.29, 1.82) is 0 Å². The van der Waals surface area contributed by atoms with Crippen molar-refractivity contribution in [2.24, 2.45) is 0 Å². The Balaban J connectivity index is 1.50. The Kier molecular flexibility index (Phi) is 9.04. The summed E-state index contributed by atoms with van der Waals surface area (Å²) < 4.78 is 33.3. The molecule has 3 aromatic carbocycles. The maximum absolute atomic E-state index is 13.2. The zero-order valence-electron chi connectivity index (χ0n) is 18.8. The second-order valence-corrected chi connectivity index (χ2v) is 9.35. The Labute approximate surface area is 196 Å². The highest BCUT2D eigenvalue weighted by Crippen LogP contribution is 2.23. The number of amides is 1. The third kappa shape index (κ3) is 6.91. The molecule has 0 fully saturated rings. The lowest BCUT2D eigenvalue weighted by atomic mass is 10.2. The molecule has 0 spiro atoms. The Morgan fingerprint density at radius 1 is 0.909 bits per heavy atom. The lowest BCUT2D eigenvalue weighted by molar-refractivity contribution is 0.0942. The van der Waals surface area contributed by atoms with Crippen molar-refractivity contribution >= 4 is 21.6 Å². The van der Waals surface area contributed by atoms with Crippen molar-refractivity contribution < 1.29 is 17.9 Å². The second-order valence-electron chi connectivity index (χ2n) is 7.49. The monoisotopic (exact) mass is 466 g/mol. The first kappa shape index (κ1) is 24.5. The van der Waals surface area contributed by atoms with E-state index in [0.717, 1.165) is 6.42 Å². The van der Waals surface area contributed by atoms with Crippen LogP contribution in [-0.4, -0.2) is 40.6 Å². The number of hydrogen-bond acceptors (Lipinski definition) is 4. The van der Waals surface area contributed by atoms with Crippen LogP contribution in [0.4, 0.5) is 5.69 Å². The third-order valence-corrected chi connectivity index (χ3v) is 7.04. The standard InChI is InChI=1S/C26H30N2O4S/c1-2-28(24-14-7-4-8-15-24)33(30,31)25-16-9-13-23(21-25)26(29)27-18-10-19-32-20-17-22-11-5-3-6-12-22/h3-9,11-16,21H,2,10,17-20H2,1H3,(H,27,29). The second kappa shape index (κ2) is 12.2. The van der Waals surface area contributed by atoms with Gasteiger partial charge in [-0.2, -0.15) is 0 Å². The van der Waals surface area contributed by atoms with Crippen molar-refractivity contribution in [3.05, 3.63) is 96.1 Å². The van der Waals surface area contributed by atoms with E-state index in [4.69, 9.17) is 4.74 Å². The molecule has 0 radical (unpaired) electrons. The fourth-order valence-corrected chi connectivity index (χ4v) is 4.95. The molecule has 1 amide bonds. The summed E-state index contributed by atoms with van der Waals surface area (Å²) in [4.78, 5) is 12.6. The summed E-state index contributed by atoms with van der Waals surface area (Å²) in [5.41, 5.74) is 2.13. The number of rotatable bonds is 12. The van der Waals surface area contributed by atoms with Crippen LogP contribution in [-0.2, 0) is 21.2 Å².